The van der Waals surface area contributed by atoms with E-state index in [1.54, 1.807) is 17.4 Å². The lowest BCUT2D eigenvalue weighted by molar-refractivity contribution is -0.122. The van der Waals surface area contributed by atoms with Crippen LogP contribution in [-0.2, 0) is 11.3 Å². The van der Waals surface area contributed by atoms with Gasteiger partial charge < -0.3 is 11.1 Å². The van der Waals surface area contributed by atoms with E-state index in [4.69, 9.17) is 5.73 Å². The van der Waals surface area contributed by atoms with Crippen molar-refractivity contribution in [2.75, 3.05) is 0 Å². The molecular weight excluding hydrogens is 208 g/mol. The maximum atomic E-state index is 11.4. The van der Waals surface area contributed by atoms with Crippen LogP contribution < -0.4 is 11.1 Å². The second-order valence-corrected chi connectivity index (χ2v) is 4.73. The zero-order chi connectivity index (χ0) is 11.3. The highest BCUT2D eigenvalue weighted by Gasteiger charge is 2.10. The molecule has 0 spiro atoms. The number of carbonyl (C=O) groups is 1. The molecule has 0 saturated carbocycles. The summed E-state index contributed by atoms with van der Waals surface area (Å²) in [5.74, 6) is -0.124. The first-order valence-electron chi connectivity index (χ1n) is 4.83. The average Bonchev–Trinajstić information content (AvgIpc) is 2.61. The van der Waals surface area contributed by atoms with Gasteiger partial charge in [0, 0.05) is 9.75 Å². The highest BCUT2D eigenvalue weighted by atomic mass is 32.1. The molecular formula is C11H16N2OS. The Balaban J connectivity index is 2.37. The van der Waals surface area contributed by atoms with Gasteiger partial charge in [0.25, 0.3) is 0 Å². The van der Waals surface area contributed by atoms with Crippen LogP contribution >= 0.6 is 11.3 Å². The van der Waals surface area contributed by atoms with Gasteiger partial charge in [0.05, 0.1) is 12.6 Å². The predicted octanol–water partition coefficient (Wildman–Crippen LogP) is 1.58. The number of hydrogen-bond donors (Lipinski definition) is 2. The third kappa shape index (κ3) is 3.85. The molecule has 0 aliphatic carbocycles. The molecule has 1 aromatic heterocycles. The van der Waals surface area contributed by atoms with Crippen molar-refractivity contribution in [3.63, 3.8) is 0 Å². The second kappa shape index (κ2) is 5.68. The lowest BCUT2D eigenvalue weighted by Gasteiger charge is -2.08. The molecule has 0 aliphatic rings. The van der Waals surface area contributed by atoms with E-state index in [0.29, 0.717) is 13.0 Å². The van der Waals surface area contributed by atoms with E-state index in [1.807, 2.05) is 19.1 Å². The third-order valence-electron chi connectivity index (χ3n) is 1.99. The summed E-state index contributed by atoms with van der Waals surface area (Å²) in [4.78, 5) is 13.8. The number of amides is 1. The van der Waals surface area contributed by atoms with E-state index in [2.05, 4.69) is 11.9 Å². The molecule has 0 aliphatic heterocycles. The first-order valence-corrected chi connectivity index (χ1v) is 5.64. The normalized spacial score (nSPS) is 12.1. The summed E-state index contributed by atoms with van der Waals surface area (Å²) in [6.07, 6.45) is 2.16. The zero-order valence-electron chi connectivity index (χ0n) is 8.82. The van der Waals surface area contributed by atoms with Gasteiger partial charge in [-0.2, -0.15) is 0 Å². The maximum Gasteiger partial charge on any atom is 0.237 e. The summed E-state index contributed by atoms with van der Waals surface area (Å²) in [6.45, 7) is 6.15. The Labute approximate surface area is 94.0 Å². The van der Waals surface area contributed by atoms with Gasteiger partial charge in [0.1, 0.15) is 0 Å². The first kappa shape index (κ1) is 11.9. The van der Waals surface area contributed by atoms with Gasteiger partial charge in [0.15, 0.2) is 0 Å². The van der Waals surface area contributed by atoms with Crippen molar-refractivity contribution in [3.05, 3.63) is 34.5 Å². The van der Waals surface area contributed by atoms with E-state index < -0.39 is 6.04 Å². The Morgan fingerprint density at radius 2 is 2.47 bits per heavy atom. The molecule has 1 aromatic rings. The van der Waals surface area contributed by atoms with Gasteiger partial charge in [0.2, 0.25) is 5.91 Å². The molecule has 1 atom stereocenters. The minimum Gasteiger partial charge on any atom is -0.350 e. The molecule has 3 nitrogen and oxygen atoms in total. The number of aryl methyl sites for hydroxylation is 1. The van der Waals surface area contributed by atoms with Crippen LogP contribution in [0.3, 0.4) is 0 Å². The van der Waals surface area contributed by atoms with Crippen molar-refractivity contribution in [1.29, 1.82) is 0 Å². The molecule has 0 radical (unpaired) electrons. The third-order valence-corrected chi connectivity index (χ3v) is 2.99. The maximum absolute atomic E-state index is 11.4. The van der Waals surface area contributed by atoms with Crippen molar-refractivity contribution >= 4 is 17.2 Å². The number of thiophene rings is 1. The van der Waals surface area contributed by atoms with Crippen molar-refractivity contribution < 1.29 is 4.79 Å². The Morgan fingerprint density at radius 1 is 1.73 bits per heavy atom. The van der Waals surface area contributed by atoms with Crippen LogP contribution in [0.25, 0.3) is 0 Å². The van der Waals surface area contributed by atoms with Gasteiger partial charge in [-0.3, -0.25) is 4.79 Å². The molecule has 1 heterocycles. The largest absolute Gasteiger partial charge is 0.350 e. The molecule has 1 amide bonds. The predicted molar refractivity (Wildman–Crippen MR) is 63.7 cm³/mol. The first-order chi connectivity index (χ1) is 7.13. The summed E-state index contributed by atoms with van der Waals surface area (Å²) in [7, 11) is 0. The highest BCUT2D eigenvalue weighted by Crippen LogP contribution is 2.14. The summed E-state index contributed by atoms with van der Waals surface area (Å²) in [6, 6.07) is 3.57. The van der Waals surface area contributed by atoms with Gasteiger partial charge in [-0.25, -0.2) is 0 Å². The van der Waals surface area contributed by atoms with Gasteiger partial charge in [-0.15, -0.1) is 17.9 Å². The minimum atomic E-state index is -0.483. The van der Waals surface area contributed by atoms with E-state index in [9.17, 15) is 4.79 Å². The molecule has 82 valence electrons. The lowest BCUT2D eigenvalue weighted by Crippen LogP contribution is -2.39. The lowest BCUT2D eigenvalue weighted by atomic mass is 10.2. The fourth-order valence-electron chi connectivity index (χ4n) is 1.17. The summed E-state index contributed by atoms with van der Waals surface area (Å²) in [5, 5.41) is 2.80. The van der Waals surface area contributed by atoms with E-state index in [1.165, 1.54) is 4.88 Å². The quantitative estimate of drug-likeness (QED) is 0.746. The highest BCUT2D eigenvalue weighted by molar-refractivity contribution is 7.11. The van der Waals surface area contributed by atoms with Gasteiger partial charge in [-0.05, 0) is 25.5 Å². The fourth-order valence-corrected chi connectivity index (χ4v) is 2.00. The topological polar surface area (TPSA) is 55.1 Å². The SMILES string of the molecule is C=CCC(N)C(=O)NCc1ccc(C)s1. The van der Waals surface area contributed by atoms with E-state index in [-0.39, 0.29) is 5.91 Å². The number of nitrogens with two attached hydrogens (primary N) is 1. The van der Waals surface area contributed by atoms with Crippen molar-refractivity contribution in [1.82, 2.24) is 5.32 Å². The van der Waals surface area contributed by atoms with Crippen LogP contribution in [0, 0.1) is 6.92 Å². The molecule has 3 N–H and O–H groups in total. The van der Waals surface area contributed by atoms with Crippen LogP contribution in [0.2, 0.25) is 0 Å². The number of carbonyl (C=O) groups excluding carboxylic acids is 1. The standard InChI is InChI=1S/C11H16N2OS/c1-3-4-10(12)11(14)13-7-9-6-5-8(2)15-9/h3,5-6,10H,1,4,7,12H2,2H3,(H,13,14). The molecule has 1 unspecified atom stereocenters. The summed E-state index contributed by atoms with van der Waals surface area (Å²) >= 11 is 1.68. The Morgan fingerprint density at radius 3 is 3.00 bits per heavy atom. The Kier molecular flexibility index (Phi) is 4.52. The smallest absolute Gasteiger partial charge is 0.237 e. The second-order valence-electron chi connectivity index (χ2n) is 3.36. The molecule has 0 saturated heterocycles. The van der Waals surface area contributed by atoms with Crippen molar-refractivity contribution in [3.8, 4) is 0 Å². The number of rotatable bonds is 5. The zero-order valence-corrected chi connectivity index (χ0v) is 9.64. The minimum absolute atomic E-state index is 0.124. The van der Waals surface area contributed by atoms with Crippen LogP contribution in [-0.4, -0.2) is 11.9 Å². The van der Waals surface area contributed by atoms with E-state index in [0.717, 1.165) is 4.88 Å². The summed E-state index contributed by atoms with van der Waals surface area (Å²) < 4.78 is 0. The molecule has 0 fully saturated rings. The molecule has 15 heavy (non-hydrogen) atoms. The average molecular weight is 224 g/mol. The fraction of sp³-hybridized carbons (Fsp3) is 0.364. The molecule has 4 heteroatoms. The van der Waals surface area contributed by atoms with Crippen LogP contribution in [0.5, 0.6) is 0 Å². The van der Waals surface area contributed by atoms with Gasteiger partial charge in [-0.1, -0.05) is 6.08 Å². The molecule has 0 aromatic carbocycles. The van der Waals surface area contributed by atoms with E-state index >= 15 is 0 Å². The molecule has 1 rings (SSSR count). The summed E-state index contributed by atoms with van der Waals surface area (Å²) in [5.41, 5.74) is 5.62. The molecule has 0 bridgehead atoms. The monoisotopic (exact) mass is 224 g/mol. The number of hydrogen-bond acceptors (Lipinski definition) is 3. The van der Waals surface area contributed by atoms with Crippen LogP contribution in [0.4, 0.5) is 0 Å². The van der Waals surface area contributed by atoms with Crippen LogP contribution in [0.1, 0.15) is 16.2 Å². The Bertz CT molecular complexity index is 346. The van der Waals surface area contributed by atoms with Crippen molar-refractivity contribution in [2.45, 2.75) is 25.9 Å². The Hall–Kier alpha value is -1.13. The van der Waals surface area contributed by atoms with Crippen molar-refractivity contribution in [2.24, 2.45) is 5.73 Å². The van der Waals surface area contributed by atoms with Gasteiger partial charge >= 0.3 is 0 Å². The number of nitrogens with one attached hydrogen (secondary N) is 1. The van der Waals surface area contributed by atoms with Crippen LogP contribution in [0.15, 0.2) is 24.8 Å².